The monoisotopic (exact) mass is 228 g/mol. The lowest BCUT2D eigenvalue weighted by molar-refractivity contribution is 0.0628. The van der Waals surface area contributed by atoms with Gasteiger partial charge < -0.3 is 9.84 Å². The molecule has 0 spiro atoms. The third-order valence-electron chi connectivity index (χ3n) is 3.89. The molecule has 1 aliphatic rings. The average molecular weight is 228 g/mol. The van der Waals surface area contributed by atoms with E-state index in [0.717, 1.165) is 19.4 Å². The van der Waals surface area contributed by atoms with E-state index in [1.165, 1.54) is 25.7 Å². The van der Waals surface area contributed by atoms with Gasteiger partial charge in [-0.25, -0.2) is 0 Å². The van der Waals surface area contributed by atoms with Gasteiger partial charge in [0.25, 0.3) is 0 Å². The van der Waals surface area contributed by atoms with Crippen molar-refractivity contribution in [1.29, 1.82) is 0 Å². The molecule has 1 heterocycles. The van der Waals surface area contributed by atoms with Crippen molar-refractivity contribution in [3.05, 3.63) is 0 Å². The van der Waals surface area contributed by atoms with Gasteiger partial charge in [0.05, 0.1) is 18.8 Å². The topological polar surface area (TPSA) is 29.5 Å². The number of unbranched alkanes of at least 4 members (excludes halogenated alkanes) is 1. The van der Waals surface area contributed by atoms with E-state index in [1.54, 1.807) is 0 Å². The van der Waals surface area contributed by atoms with Crippen molar-refractivity contribution in [3.8, 4) is 0 Å². The normalized spacial score (nSPS) is 29.2. The molecule has 1 saturated heterocycles. The summed E-state index contributed by atoms with van der Waals surface area (Å²) in [6, 6.07) is 0. The van der Waals surface area contributed by atoms with Gasteiger partial charge in [-0.2, -0.15) is 0 Å². The second-order valence-corrected chi connectivity index (χ2v) is 5.36. The van der Waals surface area contributed by atoms with Crippen molar-refractivity contribution >= 4 is 0 Å². The van der Waals surface area contributed by atoms with E-state index in [9.17, 15) is 5.11 Å². The minimum atomic E-state index is -0.147. The van der Waals surface area contributed by atoms with Crippen LogP contribution in [0.25, 0.3) is 0 Å². The Bertz CT molecular complexity index is 182. The Hall–Kier alpha value is -0.0800. The molecule has 0 radical (unpaired) electrons. The lowest BCUT2D eigenvalue weighted by Gasteiger charge is -2.22. The van der Waals surface area contributed by atoms with Gasteiger partial charge in [0.15, 0.2) is 0 Å². The molecule has 96 valence electrons. The highest BCUT2D eigenvalue weighted by Crippen LogP contribution is 2.28. The number of aliphatic hydroxyl groups is 1. The van der Waals surface area contributed by atoms with E-state index in [1.807, 2.05) is 0 Å². The zero-order valence-corrected chi connectivity index (χ0v) is 11.1. The van der Waals surface area contributed by atoms with Crippen LogP contribution in [0.15, 0.2) is 0 Å². The zero-order valence-electron chi connectivity index (χ0n) is 11.1. The Labute approximate surface area is 100 Å². The third kappa shape index (κ3) is 4.42. The van der Waals surface area contributed by atoms with E-state index < -0.39 is 0 Å². The van der Waals surface area contributed by atoms with Gasteiger partial charge >= 0.3 is 0 Å². The minimum Gasteiger partial charge on any atom is -0.393 e. The molecule has 0 amide bonds. The summed E-state index contributed by atoms with van der Waals surface area (Å²) in [7, 11) is 0. The molecule has 1 fully saturated rings. The second-order valence-electron chi connectivity index (χ2n) is 5.36. The molecule has 4 atom stereocenters. The SMILES string of the molecule is CCCCC(CC)CC(O)C1COC(C)C1. The number of rotatable bonds is 7. The number of aliphatic hydroxyl groups excluding tert-OH is 1. The minimum absolute atomic E-state index is 0.147. The Balaban J connectivity index is 2.27. The maximum atomic E-state index is 10.2. The maximum absolute atomic E-state index is 10.2. The molecule has 0 aromatic carbocycles. The van der Waals surface area contributed by atoms with Gasteiger partial charge in [-0.1, -0.05) is 39.5 Å². The van der Waals surface area contributed by atoms with Gasteiger partial charge in [0.2, 0.25) is 0 Å². The van der Waals surface area contributed by atoms with Crippen molar-refractivity contribution in [1.82, 2.24) is 0 Å². The summed E-state index contributed by atoms with van der Waals surface area (Å²) < 4.78 is 5.52. The molecule has 0 aliphatic carbocycles. The van der Waals surface area contributed by atoms with Crippen molar-refractivity contribution in [2.75, 3.05) is 6.61 Å². The quantitative estimate of drug-likeness (QED) is 0.724. The number of hydrogen-bond acceptors (Lipinski definition) is 2. The van der Waals surface area contributed by atoms with Crippen LogP contribution in [0, 0.1) is 11.8 Å². The van der Waals surface area contributed by atoms with E-state index in [-0.39, 0.29) is 6.10 Å². The Kier molecular flexibility index (Phi) is 6.37. The standard InChI is InChI=1S/C14H28O2/c1-4-6-7-12(5-2)9-14(15)13-8-11(3)16-10-13/h11-15H,4-10H2,1-3H3. The van der Waals surface area contributed by atoms with Crippen LogP contribution in [0.4, 0.5) is 0 Å². The molecule has 1 rings (SSSR count). The van der Waals surface area contributed by atoms with Crippen LogP contribution in [0.2, 0.25) is 0 Å². The number of hydrogen-bond donors (Lipinski definition) is 1. The first kappa shape index (κ1) is 14.0. The average Bonchev–Trinajstić information content (AvgIpc) is 2.70. The second kappa shape index (κ2) is 7.29. The highest BCUT2D eigenvalue weighted by atomic mass is 16.5. The Morgan fingerprint density at radius 3 is 2.62 bits per heavy atom. The van der Waals surface area contributed by atoms with Crippen molar-refractivity contribution in [2.24, 2.45) is 11.8 Å². The number of ether oxygens (including phenoxy) is 1. The van der Waals surface area contributed by atoms with Crippen molar-refractivity contribution < 1.29 is 9.84 Å². The maximum Gasteiger partial charge on any atom is 0.0594 e. The highest BCUT2D eigenvalue weighted by molar-refractivity contribution is 4.78. The van der Waals surface area contributed by atoms with Crippen LogP contribution in [-0.4, -0.2) is 23.9 Å². The van der Waals surface area contributed by atoms with E-state index in [2.05, 4.69) is 20.8 Å². The fourth-order valence-corrected chi connectivity index (χ4v) is 2.63. The highest BCUT2D eigenvalue weighted by Gasteiger charge is 2.29. The molecule has 2 heteroatoms. The van der Waals surface area contributed by atoms with Crippen molar-refractivity contribution in [3.63, 3.8) is 0 Å². The van der Waals surface area contributed by atoms with Crippen LogP contribution in [0.5, 0.6) is 0 Å². The molecule has 0 bridgehead atoms. The summed E-state index contributed by atoms with van der Waals surface area (Å²) in [5.41, 5.74) is 0. The third-order valence-corrected chi connectivity index (χ3v) is 3.89. The van der Waals surface area contributed by atoms with Crippen molar-refractivity contribution in [2.45, 2.75) is 71.5 Å². The summed E-state index contributed by atoms with van der Waals surface area (Å²) in [5, 5.41) is 10.2. The van der Waals surface area contributed by atoms with E-state index >= 15 is 0 Å². The van der Waals surface area contributed by atoms with Gasteiger partial charge in [-0.05, 0) is 25.7 Å². The smallest absolute Gasteiger partial charge is 0.0594 e. The lowest BCUT2D eigenvalue weighted by atomic mass is 9.87. The lowest BCUT2D eigenvalue weighted by Crippen LogP contribution is -2.24. The van der Waals surface area contributed by atoms with Gasteiger partial charge in [-0.15, -0.1) is 0 Å². The predicted octanol–water partition coefficient (Wildman–Crippen LogP) is 3.38. The first-order valence-corrected chi connectivity index (χ1v) is 6.97. The molecule has 16 heavy (non-hydrogen) atoms. The summed E-state index contributed by atoms with van der Waals surface area (Å²) in [6.45, 7) is 7.32. The van der Waals surface area contributed by atoms with Crippen LogP contribution in [-0.2, 0) is 4.74 Å². The van der Waals surface area contributed by atoms with Crippen LogP contribution < -0.4 is 0 Å². The summed E-state index contributed by atoms with van der Waals surface area (Å²) in [4.78, 5) is 0. The van der Waals surface area contributed by atoms with Gasteiger partial charge in [0, 0.05) is 5.92 Å². The van der Waals surface area contributed by atoms with E-state index in [0.29, 0.717) is 17.9 Å². The van der Waals surface area contributed by atoms with Crippen LogP contribution >= 0.6 is 0 Å². The molecular formula is C14H28O2. The zero-order chi connectivity index (χ0) is 12.0. The van der Waals surface area contributed by atoms with E-state index in [4.69, 9.17) is 4.74 Å². The molecule has 0 aromatic rings. The summed E-state index contributed by atoms with van der Waals surface area (Å²) in [5.74, 6) is 1.08. The molecule has 0 saturated carbocycles. The molecular weight excluding hydrogens is 200 g/mol. The van der Waals surface area contributed by atoms with Gasteiger partial charge in [-0.3, -0.25) is 0 Å². The van der Waals surface area contributed by atoms with Crippen LogP contribution in [0.1, 0.15) is 59.3 Å². The fourth-order valence-electron chi connectivity index (χ4n) is 2.63. The molecule has 4 unspecified atom stereocenters. The molecule has 1 N–H and O–H groups in total. The van der Waals surface area contributed by atoms with Crippen LogP contribution in [0.3, 0.4) is 0 Å². The first-order valence-electron chi connectivity index (χ1n) is 6.97. The fraction of sp³-hybridized carbons (Fsp3) is 1.00. The molecule has 2 nitrogen and oxygen atoms in total. The molecule has 0 aromatic heterocycles. The first-order chi connectivity index (χ1) is 7.67. The Morgan fingerprint density at radius 1 is 1.38 bits per heavy atom. The predicted molar refractivity (Wildman–Crippen MR) is 67.5 cm³/mol. The largest absolute Gasteiger partial charge is 0.393 e. The molecule has 1 aliphatic heterocycles. The van der Waals surface area contributed by atoms with Gasteiger partial charge in [0.1, 0.15) is 0 Å². The Morgan fingerprint density at radius 2 is 2.12 bits per heavy atom. The summed E-state index contributed by atoms with van der Waals surface area (Å²) in [6.07, 6.45) is 7.22. The summed E-state index contributed by atoms with van der Waals surface area (Å²) >= 11 is 0.